The van der Waals surface area contributed by atoms with E-state index in [1.54, 1.807) is 0 Å². The van der Waals surface area contributed by atoms with Crippen molar-refractivity contribution in [1.29, 1.82) is 0 Å². The van der Waals surface area contributed by atoms with Gasteiger partial charge in [-0.1, -0.05) is 19.8 Å². The van der Waals surface area contributed by atoms with Crippen molar-refractivity contribution in [2.24, 2.45) is 0 Å². The molecule has 0 aromatic heterocycles. The lowest BCUT2D eigenvalue weighted by Gasteiger charge is -2.25. The van der Waals surface area contributed by atoms with Gasteiger partial charge in [0.15, 0.2) is 0 Å². The second-order valence-corrected chi connectivity index (χ2v) is 2.94. The maximum atomic E-state index is 9.00. The maximum Gasteiger partial charge on any atom is 0.300 e. The normalized spacial score (nSPS) is 20.3. The molecule has 72 valence electrons. The van der Waals surface area contributed by atoms with Gasteiger partial charge in [-0.15, -0.1) is 0 Å². The van der Waals surface area contributed by atoms with Crippen molar-refractivity contribution in [3.8, 4) is 0 Å². The molecule has 0 saturated carbocycles. The van der Waals surface area contributed by atoms with Gasteiger partial charge in [-0.05, 0) is 12.8 Å². The molecule has 1 aliphatic heterocycles. The van der Waals surface area contributed by atoms with Crippen molar-refractivity contribution in [3.63, 3.8) is 0 Å². The Hall–Kier alpha value is -0.570. The third kappa shape index (κ3) is 7.54. The topological polar surface area (TPSA) is 46.5 Å². The third-order valence-electron chi connectivity index (χ3n) is 1.67. The van der Waals surface area contributed by atoms with Gasteiger partial charge < -0.3 is 9.84 Å². The standard InChI is InChI=1S/C7H14O.C2H4O2/c1-2-3-4-7-5-6-8-7;1-2(3)4/h7H,2-6H2,1H3;1H3,(H,3,4). The Morgan fingerprint density at radius 1 is 1.67 bits per heavy atom. The highest BCUT2D eigenvalue weighted by atomic mass is 16.5. The quantitative estimate of drug-likeness (QED) is 0.712. The summed E-state index contributed by atoms with van der Waals surface area (Å²) in [5.74, 6) is -0.833. The number of hydrogen-bond acceptors (Lipinski definition) is 2. The van der Waals surface area contributed by atoms with Gasteiger partial charge in [-0.2, -0.15) is 0 Å². The minimum Gasteiger partial charge on any atom is -0.481 e. The second kappa shape index (κ2) is 7.10. The van der Waals surface area contributed by atoms with E-state index in [-0.39, 0.29) is 0 Å². The summed E-state index contributed by atoms with van der Waals surface area (Å²) in [4.78, 5) is 9.00. The van der Waals surface area contributed by atoms with Crippen LogP contribution in [0, 0.1) is 0 Å². The summed E-state index contributed by atoms with van der Waals surface area (Å²) in [5.41, 5.74) is 0. The molecular formula is C9H18O3. The Morgan fingerprint density at radius 2 is 2.17 bits per heavy atom. The molecule has 0 radical (unpaired) electrons. The van der Waals surface area contributed by atoms with Crippen molar-refractivity contribution in [2.75, 3.05) is 6.61 Å². The van der Waals surface area contributed by atoms with E-state index in [2.05, 4.69) is 6.92 Å². The molecule has 1 aliphatic rings. The average Bonchev–Trinajstić information content (AvgIpc) is 1.83. The summed E-state index contributed by atoms with van der Waals surface area (Å²) >= 11 is 0. The second-order valence-electron chi connectivity index (χ2n) is 2.94. The summed E-state index contributed by atoms with van der Waals surface area (Å²) in [6.45, 7) is 4.31. The van der Waals surface area contributed by atoms with Crippen LogP contribution in [0.1, 0.15) is 39.5 Å². The van der Waals surface area contributed by atoms with E-state index in [9.17, 15) is 0 Å². The van der Waals surface area contributed by atoms with Gasteiger partial charge in [0.2, 0.25) is 0 Å². The molecule has 12 heavy (non-hydrogen) atoms. The summed E-state index contributed by atoms with van der Waals surface area (Å²) in [6, 6.07) is 0. The lowest BCUT2D eigenvalue weighted by Crippen LogP contribution is -2.26. The van der Waals surface area contributed by atoms with Crippen LogP contribution in [-0.4, -0.2) is 23.8 Å². The smallest absolute Gasteiger partial charge is 0.300 e. The number of aliphatic carboxylic acids is 1. The van der Waals surface area contributed by atoms with Gasteiger partial charge in [-0.3, -0.25) is 4.79 Å². The molecule has 0 aromatic rings. The van der Waals surface area contributed by atoms with Crippen molar-refractivity contribution in [2.45, 2.75) is 45.6 Å². The Balaban J connectivity index is 0.000000261. The summed E-state index contributed by atoms with van der Waals surface area (Å²) in [5, 5.41) is 7.42. The number of ether oxygens (including phenoxy) is 1. The predicted octanol–water partition coefficient (Wildman–Crippen LogP) is 2.06. The zero-order valence-electron chi connectivity index (χ0n) is 7.88. The van der Waals surface area contributed by atoms with Gasteiger partial charge in [0.25, 0.3) is 5.97 Å². The fraction of sp³-hybridized carbons (Fsp3) is 0.889. The third-order valence-corrected chi connectivity index (χ3v) is 1.67. The van der Waals surface area contributed by atoms with E-state index in [0.717, 1.165) is 13.5 Å². The van der Waals surface area contributed by atoms with Crippen molar-refractivity contribution >= 4 is 5.97 Å². The van der Waals surface area contributed by atoms with Crippen molar-refractivity contribution in [3.05, 3.63) is 0 Å². The molecule has 0 spiro atoms. The Bertz CT molecular complexity index is 115. The summed E-state index contributed by atoms with van der Waals surface area (Å²) in [6.07, 6.45) is 5.87. The van der Waals surface area contributed by atoms with Crippen LogP contribution < -0.4 is 0 Å². The lowest BCUT2D eigenvalue weighted by molar-refractivity contribution is -0.134. The maximum absolute atomic E-state index is 9.00. The van der Waals surface area contributed by atoms with Gasteiger partial charge >= 0.3 is 0 Å². The molecule has 0 aromatic carbocycles. The van der Waals surface area contributed by atoms with Crippen LogP contribution >= 0.6 is 0 Å². The van der Waals surface area contributed by atoms with Gasteiger partial charge in [0.1, 0.15) is 0 Å². The van der Waals surface area contributed by atoms with E-state index in [1.807, 2.05) is 0 Å². The molecule has 1 rings (SSSR count). The predicted molar refractivity (Wildman–Crippen MR) is 47.2 cm³/mol. The fourth-order valence-electron chi connectivity index (χ4n) is 0.944. The Morgan fingerprint density at radius 3 is 2.42 bits per heavy atom. The molecule has 3 nitrogen and oxygen atoms in total. The molecule has 1 fully saturated rings. The van der Waals surface area contributed by atoms with E-state index in [1.165, 1.54) is 25.7 Å². The monoisotopic (exact) mass is 174 g/mol. The molecule has 3 heteroatoms. The SMILES string of the molecule is CC(=O)O.CCCCC1CCO1. The van der Waals surface area contributed by atoms with Gasteiger partial charge in [0, 0.05) is 13.5 Å². The van der Waals surface area contributed by atoms with Gasteiger partial charge in [-0.25, -0.2) is 0 Å². The molecule has 0 aliphatic carbocycles. The number of unbranched alkanes of at least 4 members (excludes halogenated alkanes) is 1. The first-order valence-electron chi connectivity index (χ1n) is 4.48. The minimum atomic E-state index is -0.833. The van der Waals surface area contributed by atoms with E-state index < -0.39 is 5.97 Å². The molecule has 1 unspecified atom stereocenters. The molecule has 1 atom stereocenters. The zero-order valence-corrected chi connectivity index (χ0v) is 7.88. The number of carbonyl (C=O) groups is 1. The summed E-state index contributed by atoms with van der Waals surface area (Å²) in [7, 11) is 0. The molecule has 0 bridgehead atoms. The first kappa shape index (κ1) is 11.4. The van der Waals surface area contributed by atoms with E-state index in [0.29, 0.717) is 6.10 Å². The number of rotatable bonds is 3. The minimum absolute atomic E-state index is 0.634. The van der Waals surface area contributed by atoms with Crippen LogP contribution in [0.25, 0.3) is 0 Å². The van der Waals surface area contributed by atoms with Crippen LogP contribution in [0.15, 0.2) is 0 Å². The van der Waals surface area contributed by atoms with Crippen LogP contribution in [0.3, 0.4) is 0 Å². The number of carboxylic acids is 1. The highest BCUT2D eigenvalue weighted by molar-refractivity contribution is 5.62. The van der Waals surface area contributed by atoms with Crippen molar-refractivity contribution < 1.29 is 14.6 Å². The highest BCUT2D eigenvalue weighted by Crippen LogP contribution is 2.16. The average molecular weight is 174 g/mol. The van der Waals surface area contributed by atoms with E-state index >= 15 is 0 Å². The van der Waals surface area contributed by atoms with Crippen LogP contribution in [-0.2, 0) is 9.53 Å². The lowest BCUT2D eigenvalue weighted by atomic mass is 10.1. The molecule has 1 heterocycles. The van der Waals surface area contributed by atoms with Crippen LogP contribution in [0.2, 0.25) is 0 Å². The number of carboxylic acid groups (broad SMARTS) is 1. The van der Waals surface area contributed by atoms with Crippen molar-refractivity contribution in [1.82, 2.24) is 0 Å². The Kier molecular flexibility index (Phi) is 6.76. The molecule has 1 N–H and O–H groups in total. The fourth-order valence-corrected chi connectivity index (χ4v) is 0.944. The van der Waals surface area contributed by atoms with E-state index in [4.69, 9.17) is 14.6 Å². The Labute approximate surface area is 73.7 Å². The largest absolute Gasteiger partial charge is 0.481 e. The zero-order chi connectivity index (χ0) is 9.40. The molecule has 1 saturated heterocycles. The number of hydrogen-bond donors (Lipinski definition) is 1. The first-order valence-corrected chi connectivity index (χ1v) is 4.48. The molecular weight excluding hydrogens is 156 g/mol. The van der Waals surface area contributed by atoms with Crippen LogP contribution in [0.4, 0.5) is 0 Å². The molecule has 0 amide bonds. The summed E-state index contributed by atoms with van der Waals surface area (Å²) < 4.78 is 5.23. The van der Waals surface area contributed by atoms with Crippen LogP contribution in [0.5, 0.6) is 0 Å². The van der Waals surface area contributed by atoms with Gasteiger partial charge in [0.05, 0.1) is 6.10 Å². The highest BCUT2D eigenvalue weighted by Gasteiger charge is 2.15. The first-order chi connectivity index (χ1) is 5.66.